The molecule has 0 saturated heterocycles. The Hall–Kier alpha value is -2.25. The Balaban J connectivity index is 1.77. The maximum atomic E-state index is 12.4. The molecule has 0 aromatic carbocycles. The van der Waals surface area contributed by atoms with Crippen molar-refractivity contribution in [3.05, 3.63) is 36.8 Å². The van der Waals surface area contributed by atoms with Gasteiger partial charge in [0.25, 0.3) is 0 Å². The second-order valence-electron chi connectivity index (χ2n) is 7.93. The fourth-order valence-electron chi connectivity index (χ4n) is 3.44. The number of thiophene rings is 1. The molecule has 0 spiro atoms. The molecule has 0 fully saturated rings. The van der Waals surface area contributed by atoms with E-state index in [1.807, 2.05) is 0 Å². The quantitative estimate of drug-likeness (QED) is 0.534. The molecule has 2 heterocycles. The molecular formula is C18H20BrN5O3S. The lowest BCUT2D eigenvalue weighted by Gasteiger charge is -2.33. The summed E-state index contributed by atoms with van der Waals surface area (Å²) in [7, 11) is 0. The number of carbonyl (C=O) groups is 1. The van der Waals surface area contributed by atoms with Gasteiger partial charge in [0.2, 0.25) is 5.91 Å². The van der Waals surface area contributed by atoms with Crippen LogP contribution < -0.4 is 5.32 Å². The van der Waals surface area contributed by atoms with Gasteiger partial charge in [-0.1, -0.05) is 20.8 Å². The van der Waals surface area contributed by atoms with E-state index in [1.54, 1.807) is 0 Å². The van der Waals surface area contributed by atoms with Gasteiger partial charge in [0.15, 0.2) is 0 Å². The zero-order valence-electron chi connectivity index (χ0n) is 15.8. The molecule has 0 saturated carbocycles. The molecule has 1 N–H and O–H groups in total. The van der Waals surface area contributed by atoms with Crippen LogP contribution in [0.2, 0.25) is 0 Å². The van der Waals surface area contributed by atoms with Gasteiger partial charge in [-0.15, -0.1) is 11.3 Å². The number of fused-ring (bicyclic) bond motifs is 1. The number of halogens is 1. The molecular weight excluding hydrogens is 446 g/mol. The van der Waals surface area contributed by atoms with E-state index in [0.29, 0.717) is 16.5 Å². The van der Waals surface area contributed by atoms with Gasteiger partial charge < -0.3 is 15.4 Å². The minimum Gasteiger partial charge on any atom is -0.358 e. The standard InChI is InChI=1S/C18H20BrN5O3S/c1-18(2,3)10-4-5-11-12(7-20)17(28-14(11)6-10)21-15(25)9-23-8-13(19)16(22-23)24(26)27/h8,10H,4-6,9H2,1-3H3,(H,21,25)/t10-/m0/s1. The van der Waals surface area contributed by atoms with Crippen LogP contribution in [0.4, 0.5) is 10.8 Å². The van der Waals surface area contributed by atoms with Crippen molar-refractivity contribution in [2.45, 2.75) is 46.6 Å². The van der Waals surface area contributed by atoms with Crippen molar-refractivity contribution in [1.82, 2.24) is 9.78 Å². The third-order valence-electron chi connectivity index (χ3n) is 5.03. The Bertz CT molecular complexity index is 983. The summed E-state index contributed by atoms with van der Waals surface area (Å²) in [6.45, 7) is 6.51. The second-order valence-corrected chi connectivity index (χ2v) is 9.89. The number of nitrogens with zero attached hydrogens (tertiary/aromatic N) is 4. The Morgan fingerprint density at radius 2 is 2.29 bits per heavy atom. The SMILES string of the molecule is CC(C)(C)[C@H]1CCc2c(sc(NC(=O)Cn3cc(Br)c([N+](=O)[O-])n3)c2C#N)C1. The molecule has 0 bridgehead atoms. The Kier molecular flexibility index (Phi) is 5.59. The van der Waals surface area contributed by atoms with E-state index < -0.39 is 4.92 Å². The molecule has 0 aliphatic heterocycles. The predicted molar refractivity (Wildman–Crippen MR) is 109 cm³/mol. The molecule has 0 radical (unpaired) electrons. The highest BCUT2D eigenvalue weighted by atomic mass is 79.9. The zero-order chi connectivity index (χ0) is 20.6. The molecule has 2 aromatic rings. The number of amides is 1. The number of nitriles is 1. The lowest BCUT2D eigenvalue weighted by molar-refractivity contribution is -0.390. The average Bonchev–Trinajstić information content (AvgIpc) is 3.12. The molecule has 8 nitrogen and oxygen atoms in total. The van der Waals surface area contributed by atoms with Gasteiger partial charge in [0.1, 0.15) is 22.1 Å². The van der Waals surface area contributed by atoms with Crippen molar-refractivity contribution in [3.63, 3.8) is 0 Å². The normalized spacial score (nSPS) is 16.3. The molecule has 3 rings (SSSR count). The summed E-state index contributed by atoms with van der Waals surface area (Å²) in [6.07, 6.45) is 4.16. The summed E-state index contributed by atoms with van der Waals surface area (Å²) in [5.41, 5.74) is 1.77. The molecule has 10 heteroatoms. The lowest BCUT2D eigenvalue weighted by atomic mass is 9.72. The van der Waals surface area contributed by atoms with E-state index in [9.17, 15) is 20.2 Å². The third-order valence-corrected chi connectivity index (χ3v) is 6.76. The number of nitrogens with one attached hydrogen (secondary N) is 1. The van der Waals surface area contributed by atoms with Gasteiger partial charge in [0.05, 0.1) is 16.9 Å². The van der Waals surface area contributed by atoms with E-state index in [0.717, 1.165) is 29.7 Å². The first-order valence-electron chi connectivity index (χ1n) is 8.82. The van der Waals surface area contributed by atoms with Crippen LogP contribution in [0, 0.1) is 32.8 Å². The van der Waals surface area contributed by atoms with E-state index >= 15 is 0 Å². The highest BCUT2D eigenvalue weighted by Crippen LogP contribution is 2.44. The number of anilines is 1. The van der Waals surface area contributed by atoms with Crippen molar-refractivity contribution in [1.29, 1.82) is 5.26 Å². The molecule has 1 aliphatic rings. The van der Waals surface area contributed by atoms with Crippen LogP contribution in [-0.2, 0) is 24.2 Å². The van der Waals surface area contributed by atoms with Crippen molar-refractivity contribution in [2.75, 3.05) is 5.32 Å². The minimum atomic E-state index is -0.620. The largest absolute Gasteiger partial charge is 0.404 e. The van der Waals surface area contributed by atoms with Crippen LogP contribution in [0.15, 0.2) is 10.7 Å². The second kappa shape index (κ2) is 7.64. The first-order chi connectivity index (χ1) is 13.1. The molecule has 1 amide bonds. The van der Waals surface area contributed by atoms with Gasteiger partial charge in [-0.2, -0.15) is 9.94 Å². The summed E-state index contributed by atoms with van der Waals surface area (Å²) in [5, 5.41) is 27.6. The van der Waals surface area contributed by atoms with Crippen molar-refractivity contribution in [3.8, 4) is 6.07 Å². The first kappa shape index (κ1) is 20.5. The number of carbonyl (C=O) groups excluding carboxylic acids is 1. The monoisotopic (exact) mass is 465 g/mol. The van der Waals surface area contributed by atoms with Gasteiger partial charge in [-0.25, -0.2) is 0 Å². The first-order valence-corrected chi connectivity index (χ1v) is 10.4. The van der Waals surface area contributed by atoms with Gasteiger partial charge in [-0.3, -0.25) is 4.79 Å². The molecule has 148 valence electrons. The van der Waals surface area contributed by atoms with Crippen LogP contribution >= 0.6 is 27.3 Å². The van der Waals surface area contributed by atoms with Crippen LogP contribution in [-0.4, -0.2) is 20.6 Å². The van der Waals surface area contributed by atoms with Crippen LogP contribution in [0.25, 0.3) is 0 Å². The molecule has 2 aromatic heterocycles. The lowest BCUT2D eigenvalue weighted by Crippen LogP contribution is -2.26. The van der Waals surface area contributed by atoms with Crippen molar-refractivity contribution in [2.24, 2.45) is 11.3 Å². The van der Waals surface area contributed by atoms with Crippen LogP contribution in [0.1, 0.15) is 43.2 Å². The number of hydrogen-bond acceptors (Lipinski definition) is 6. The number of rotatable bonds is 4. The molecule has 1 aliphatic carbocycles. The summed E-state index contributed by atoms with van der Waals surface area (Å²) in [4.78, 5) is 23.8. The maximum Gasteiger partial charge on any atom is 0.404 e. The third kappa shape index (κ3) is 4.10. The topological polar surface area (TPSA) is 114 Å². The fraction of sp³-hybridized carbons (Fsp3) is 0.500. The Labute approximate surface area is 174 Å². The number of aromatic nitrogens is 2. The van der Waals surface area contributed by atoms with Crippen molar-refractivity contribution >= 4 is 44.0 Å². The van der Waals surface area contributed by atoms with Gasteiger partial charge in [-0.05, 0) is 57.0 Å². The Morgan fingerprint density at radius 1 is 1.57 bits per heavy atom. The van der Waals surface area contributed by atoms with Crippen molar-refractivity contribution < 1.29 is 9.72 Å². The van der Waals surface area contributed by atoms with E-state index in [-0.39, 0.29) is 28.2 Å². The van der Waals surface area contributed by atoms with Crippen LogP contribution in [0.5, 0.6) is 0 Å². The smallest absolute Gasteiger partial charge is 0.358 e. The summed E-state index contributed by atoms with van der Waals surface area (Å²) < 4.78 is 1.41. The summed E-state index contributed by atoms with van der Waals surface area (Å²) >= 11 is 4.52. The average molecular weight is 466 g/mol. The number of nitro groups is 1. The predicted octanol–water partition coefficient (Wildman–Crippen LogP) is 4.28. The minimum absolute atomic E-state index is 0.176. The zero-order valence-corrected chi connectivity index (χ0v) is 18.2. The Morgan fingerprint density at radius 3 is 2.86 bits per heavy atom. The number of hydrogen-bond donors (Lipinski definition) is 1. The van der Waals surface area contributed by atoms with E-state index in [1.165, 1.54) is 22.2 Å². The highest BCUT2D eigenvalue weighted by molar-refractivity contribution is 9.10. The van der Waals surface area contributed by atoms with Gasteiger partial charge in [0, 0.05) is 4.88 Å². The van der Waals surface area contributed by atoms with E-state index in [4.69, 9.17) is 0 Å². The molecule has 1 atom stereocenters. The summed E-state index contributed by atoms with van der Waals surface area (Å²) in [6, 6.07) is 2.23. The summed E-state index contributed by atoms with van der Waals surface area (Å²) in [5.74, 6) is -0.187. The van der Waals surface area contributed by atoms with Crippen LogP contribution in [0.3, 0.4) is 0 Å². The van der Waals surface area contributed by atoms with E-state index in [2.05, 4.69) is 53.2 Å². The molecule has 0 unspecified atom stereocenters. The fourth-order valence-corrected chi connectivity index (χ4v) is 5.19. The highest BCUT2D eigenvalue weighted by Gasteiger charge is 2.32. The molecule has 28 heavy (non-hydrogen) atoms. The maximum absolute atomic E-state index is 12.4. The van der Waals surface area contributed by atoms with Gasteiger partial charge >= 0.3 is 5.82 Å².